The van der Waals surface area contributed by atoms with Gasteiger partial charge in [0.1, 0.15) is 17.1 Å². The van der Waals surface area contributed by atoms with Crippen molar-refractivity contribution >= 4 is 29.6 Å². The van der Waals surface area contributed by atoms with Crippen molar-refractivity contribution in [1.29, 1.82) is 0 Å². The highest BCUT2D eigenvalue weighted by Crippen LogP contribution is 2.29. The molecule has 0 aliphatic carbocycles. The molecule has 1 aliphatic heterocycles. The normalized spacial score (nSPS) is 16.2. The number of hydrogen-bond acceptors (Lipinski definition) is 6. The lowest BCUT2D eigenvalue weighted by Crippen LogP contribution is -2.52. The molecule has 0 bridgehead atoms. The monoisotopic (exact) mass is 355 g/mol. The molecule has 26 heavy (non-hydrogen) atoms. The van der Waals surface area contributed by atoms with Crippen molar-refractivity contribution in [2.24, 2.45) is 0 Å². The largest absolute Gasteiger partial charge is 0.457 e. The number of nitrogens with one attached hydrogen (secondary N) is 1. The first-order valence-corrected chi connectivity index (χ1v) is 7.48. The van der Waals surface area contributed by atoms with E-state index in [4.69, 9.17) is 4.42 Å². The van der Waals surface area contributed by atoms with Crippen LogP contribution in [0.15, 0.2) is 40.3 Å². The van der Waals surface area contributed by atoms with Gasteiger partial charge in [0.15, 0.2) is 0 Å². The van der Waals surface area contributed by atoms with Gasteiger partial charge in [-0.1, -0.05) is 0 Å². The summed E-state index contributed by atoms with van der Waals surface area (Å²) < 4.78 is 5.63. The van der Waals surface area contributed by atoms with E-state index in [9.17, 15) is 24.5 Å². The molecular formula is C17H13N3O6. The summed E-state index contributed by atoms with van der Waals surface area (Å²) in [5, 5.41) is 12.9. The Kier molecular flexibility index (Phi) is 4.13. The third kappa shape index (κ3) is 2.97. The number of barbiturate groups is 1. The second kappa shape index (κ2) is 6.28. The molecule has 0 atom stereocenters. The zero-order valence-electron chi connectivity index (χ0n) is 13.8. The molecule has 4 amide bonds. The fraction of sp³-hybridized carbons (Fsp3) is 0.118. The highest BCUT2D eigenvalue weighted by atomic mass is 16.6. The van der Waals surface area contributed by atoms with Crippen molar-refractivity contribution < 1.29 is 23.7 Å². The molecule has 1 N–H and O–H groups in total. The Morgan fingerprint density at radius 2 is 1.92 bits per heavy atom. The molecule has 9 heteroatoms. The van der Waals surface area contributed by atoms with E-state index in [0.29, 0.717) is 16.9 Å². The molecule has 9 nitrogen and oxygen atoms in total. The third-order valence-corrected chi connectivity index (χ3v) is 3.90. The first-order chi connectivity index (χ1) is 12.3. The van der Waals surface area contributed by atoms with E-state index in [2.05, 4.69) is 0 Å². The number of likely N-dealkylation sites (N-methyl/N-ethyl adjacent to an activating group) is 1. The number of benzene rings is 1. The fourth-order valence-corrected chi connectivity index (χ4v) is 2.50. The van der Waals surface area contributed by atoms with Crippen LogP contribution >= 0.6 is 0 Å². The summed E-state index contributed by atoms with van der Waals surface area (Å²) in [6.45, 7) is 1.71. The number of nitrogens with zero attached hydrogens (tertiary/aromatic N) is 2. The summed E-state index contributed by atoms with van der Waals surface area (Å²) in [6, 6.07) is 6.74. The minimum absolute atomic E-state index is 0.0303. The molecule has 2 aromatic rings. The van der Waals surface area contributed by atoms with Gasteiger partial charge in [0.25, 0.3) is 17.5 Å². The Balaban J connectivity index is 1.93. The van der Waals surface area contributed by atoms with E-state index in [1.54, 1.807) is 25.1 Å². The van der Waals surface area contributed by atoms with Crippen LogP contribution in [0.1, 0.15) is 11.3 Å². The maximum Gasteiger partial charge on any atom is 0.331 e. The molecule has 0 saturated carbocycles. The molecule has 2 heterocycles. The lowest BCUT2D eigenvalue weighted by Gasteiger charge is -2.21. The average Bonchev–Trinajstić information content (AvgIpc) is 3.05. The van der Waals surface area contributed by atoms with Crippen molar-refractivity contribution in [2.75, 3.05) is 7.05 Å². The summed E-state index contributed by atoms with van der Waals surface area (Å²) >= 11 is 0. The molecule has 0 radical (unpaired) electrons. The van der Waals surface area contributed by atoms with Crippen LogP contribution in [0.3, 0.4) is 0 Å². The molecule has 132 valence electrons. The van der Waals surface area contributed by atoms with Crippen molar-refractivity contribution in [1.82, 2.24) is 10.2 Å². The van der Waals surface area contributed by atoms with Crippen LogP contribution in [0.4, 0.5) is 10.5 Å². The molecule has 1 aromatic heterocycles. The molecule has 0 spiro atoms. The van der Waals surface area contributed by atoms with Crippen LogP contribution in [-0.4, -0.2) is 34.7 Å². The van der Waals surface area contributed by atoms with Gasteiger partial charge < -0.3 is 4.42 Å². The quantitative estimate of drug-likeness (QED) is 0.390. The van der Waals surface area contributed by atoms with E-state index in [1.807, 2.05) is 5.32 Å². The van der Waals surface area contributed by atoms with Crippen molar-refractivity contribution in [3.8, 4) is 11.3 Å². The Morgan fingerprint density at radius 1 is 1.19 bits per heavy atom. The van der Waals surface area contributed by atoms with E-state index in [0.717, 1.165) is 4.90 Å². The molecule has 1 saturated heterocycles. The van der Waals surface area contributed by atoms with Gasteiger partial charge in [0.05, 0.1) is 4.92 Å². The lowest BCUT2D eigenvalue weighted by atomic mass is 10.1. The minimum Gasteiger partial charge on any atom is -0.457 e. The van der Waals surface area contributed by atoms with E-state index in [-0.39, 0.29) is 17.0 Å². The average molecular weight is 355 g/mol. The maximum atomic E-state index is 12.1. The first-order valence-electron chi connectivity index (χ1n) is 7.48. The molecule has 1 aromatic carbocycles. The number of carbonyl (C=O) groups excluding carboxylic acids is 3. The number of urea groups is 1. The van der Waals surface area contributed by atoms with Crippen LogP contribution in [0.25, 0.3) is 17.4 Å². The summed E-state index contributed by atoms with van der Waals surface area (Å²) in [4.78, 5) is 46.4. The van der Waals surface area contributed by atoms with Crippen LogP contribution in [-0.2, 0) is 9.59 Å². The number of nitro benzene ring substituents is 1. The van der Waals surface area contributed by atoms with Gasteiger partial charge in [-0.2, -0.15) is 0 Å². The highest BCUT2D eigenvalue weighted by molar-refractivity contribution is 6.30. The number of aryl methyl sites for hydroxylation is 1. The van der Waals surface area contributed by atoms with Gasteiger partial charge in [-0.3, -0.25) is 29.9 Å². The number of imide groups is 2. The second-order valence-corrected chi connectivity index (χ2v) is 5.64. The van der Waals surface area contributed by atoms with Crippen molar-refractivity contribution in [3.05, 3.63) is 57.3 Å². The van der Waals surface area contributed by atoms with Crippen molar-refractivity contribution in [3.63, 3.8) is 0 Å². The fourth-order valence-electron chi connectivity index (χ4n) is 2.50. The summed E-state index contributed by atoms with van der Waals surface area (Å²) in [6.07, 6.45) is 1.24. The molecule has 1 fully saturated rings. The Bertz CT molecular complexity index is 988. The zero-order valence-corrected chi connectivity index (χ0v) is 13.8. The van der Waals surface area contributed by atoms with Gasteiger partial charge in [0.2, 0.25) is 0 Å². The number of rotatable bonds is 3. The number of hydrogen-bond donors (Lipinski definition) is 1. The van der Waals surface area contributed by atoms with Crippen LogP contribution < -0.4 is 5.32 Å². The topological polar surface area (TPSA) is 123 Å². The molecular weight excluding hydrogens is 342 g/mol. The summed E-state index contributed by atoms with van der Waals surface area (Å²) in [7, 11) is 1.26. The lowest BCUT2D eigenvalue weighted by molar-refractivity contribution is -0.384. The van der Waals surface area contributed by atoms with Gasteiger partial charge >= 0.3 is 6.03 Å². The second-order valence-electron chi connectivity index (χ2n) is 5.64. The number of carbonyl (C=O) groups is 3. The van der Waals surface area contributed by atoms with Gasteiger partial charge in [-0.15, -0.1) is 0 Å². The van der Waals surface area contributed by atoms with Crippen molar-refractivity contribution in [2.45, 2.75) is 6.92 Å². The van der Waals surface area contributed by atoms with E-state index >= 15 is 0 Å². The minimum atomic E-state index is -0.803. The van der Waals surface area contributed by atoms with Gasteiger partial charge in [0, 0.05) is 24.7 Å². The van der Waals surface area contributed by atoms with Gasteiger partial charge in [-0.25, -0.2) is 4.79 Å². The Morgan fingerprint density at radius 3 is 2.58 bits per heavy atom. The van der Waals surface area contributed by atoms with E-state index in [1.165, 1.54) is 25.3 Å². The third-order valence-electron chi connectivity index (χ3n) is 3.90. The van der Waals surface area contributed by atoms with Crippen LogP contribution in [0, 0.1) is 17.0 Å². The smallest absolute Gasteiger partial charge is 0.331 e. The predicted molar refractivity (Wildman–Crippen MR) is 89.8 cm³/mol. The standard InChI is InChI=1S/C17H13N3O6/c1-9-7-10(20(24)25)3-5-12(9)14-6-4-11(26-14)8-13-15(21)18-17(23)19(2)16(13)22/h3-8H,1-2H3,(H,18,21,23). The maximum absolute atomic E-state index is 12.1. The number of amides is 4. The molecule has 0 unspecified atom stereocenters. The SMILES string of the molecule is Cc1cc([N+](=O)[O-])ccc1-c1ccc(C=C2C(=O)NC(=O)N(C)C2=O)o1. The Hall–Kier alpha value is -3.75. The highest BCUT2D eigenvalue weighted by Gasteiger charge is 2.33. The number of furan rings is 1. The summed E-state index contributed by atoms with van der Waals surface area (Å²) in [5.41, 5.74) is 1.03. The van der Waals surface area contributed by atoms with Crippen LogP contribution in [0.2, 0.25) is 0 Å². The molecule has 1 aliphatic rings. The van der Waals surface area contributed by atoms with Crippen LogP contribution in [0.5, 0.6) is 0 Å². The number of nitro groups is 1. The zero-order chi connectivity index (χ0) is 19.0. The van der Waals surface area contributed by atoms with Gasteiger partial charge in [-0.05, 0) is 36.8 Å². The predicted octanol–water partition coefficient (Wildman–Crippen LogP) is 2.25. The number of non-ortho nitro benzene ring substituents is 1. The van der Waals surface area contributed by atoms with E-state index < -0.39 is 22.8 Å². The molecule has 3 rings (SSSR count). The Labute approximate surface area is 147 Å². The summed E-state index contributed by atoms with van der Waals surface area (Å²) in [5.74, 6) is -0.873. The first kappa shape index (κ1) is 17.1.